The first-order valence-corrected chi connectivity index (χ1v) is 6.40. The van der Waals surface area contributed by atoms with E-state index < -0.39 is 0 Å². The van der Waals surface area contributed by atoms with Gasteiger partial charge in [-0.2, -0.15) is 0 Å². The van der Waals surface area contributed by atoms with Gasteiger partial charge in [-0.05, 0) is 37.1 Å². The molecule has 1 aromatic rings. The molecule has 0 saturated carbocycles. The van der Waals surface area contributed by atoms with Crippen molar-refractivity contribution < 1.29 is 0 Å². The predicted octanol–water partition coefficient (Wildman–Crippen LogP) is 2.39. The second-order valence-corrected chi connectivity index (χ2v) is 4.58. The SMILES string of the molecule is CCCNCCCN1Cc2ccccc2C1. The van der Waals surface area contributed by atoms with Crippen molar-refractivity contribution in [1.29, 1.82) is 0 Å². The highest BCUT2D eigenvalue weighted by Crippen LogP contribution is 2.21. The second kappa shape index (κ2) is 6.02. The van der Waals surface area contributed by atoms with Crippen LogP contribution in [-0.4, -0.2) is 24.5 Å². The molecule has 2 heteroatoms. The molecule has 16 heavy (non-hydrogen) atoms. The van der Waals surface area contributed by atoms with Gasteiger partial charge in [0.25, 0.3) is 0 Å². The average molecular weight is 218 g/mol. The van der Waals surface area contributed by atoms with E-state index in [2.05, 4.69) is 41.4 Å². The van der Waals surface area contributed by atoms with Crippen molar-refractivity contribution in [2.24, 2.45) is 0 Å². The number of fused-ring (bicyclic) bond motifs is 1. The lowest BCUT2D eigenvalue weighted by Gasteiger charge is -2.14. The highest BCUT2D eigenvalue weighted by atomic mass is 15.1. The third-order valence-corrected chi connectivity index (χ3v) is 3.16. The normalized spacial score (nSPS) is 15.3. The van der Waals surface area contributed by atoms with E-state index in [1.54, 1.807) is 0 Å². The molecule has 0 radical (unpaired) electrons. The Morgan fingerprint density at radius 3 is 2.44 bits per heavy atom. The molecule has 2 rings (SSSR count). The van der Waals surface area contributed by atoms with Crippen LogP contribution >= 0.6 is 0 Å². The third-order valence-electron chi connectivity index (χ3n) is 3.16. The Hall–Kier alpha value is -0.860. The van der Waals surface area contributed by atoms with E-state index >= 15 is 0 Å². The largest absolute Gasteiger partial charge is 0.317 e. The molecule has 0 aromatic heterocycles. The summed E-state index contributed by atoms with van der Waals surface area (Å²) < 4.78 is 0. The topological polar surface area (TPSA) is 15.3 Å². The predicted molar refractivity (Wildman–Crippen MR) is 68.3 cm³/mol. The molecule has 0 unspecified atom stereocenters. The zero-order valence-corrected chi connectivity index (χ0v) is 10.2. The molecule has 88 valence electrons. The molecule has 0 aliphatic carbocycles. The highest BCUT2D eigenvalue weighted by Gasteiger charge is 2.16. The molecule has 0 fully saturated rings. The van der Waals surface area contributed by atoms with Crippen molar-refractivity contribution in [2.75, 3.05) is 19.6 Å². The van der Waals surface area contributed by atoms with Gasteiger partial charge in [-0.3, -0.25) is 4.90 Å². The first-order chi connectivity index (χ1) is 7.90. The van der Waals surface area contributed by atoms with Crippen LogP contribution < -0.4 is 5.32 Å². The Morgan fingerprint density at radius 1 is 1.12 bits per heavy atom. The second-order valence-electron chi connectivity index (χ2n) is 4.58. The number of nitrogens with one attached hydrogen (secondary N) is 1. The summed E-state index contributed by atoms with van der Waals surface area (Å²) >= 11 is 0. The van der Waals surface area contributed by atoms with Crippen LogP contribution in [0, 0.1) is 0 Å². The standard InChI is InChI=1S/C14H22N2/c1-2-8-15-9-5-10-16-11-13-6-3-4-7-14(13)12-16/h3-4,6-7,15H,2,5,8-12H2,1H3. The minimum atomic E-state index is 1.14. The van der Waals surface area contributed by atoms with Gasteiger partial charge in [-0.15, -0.1) is 0 Å². The Labute approximate surface area is 98.7 Å². The third kappa shape index (κ3) is 3.06. The Balaban J connectivity index is 1.67. The van der Waals surface area contributed by atoms with Crippen molar-refractivity contribution in [3.63, 3.8) is 0 Å². The Kier molecular flexibility index (Phi) is 4.37. The van der Waals surface area contributed by atoms with Crippen LogP contribution in [0.15, 0.2) is 24.3 Å². The minimum absolute atomic E-state index is 1.14. The molecule has 0 saturated heterocycles. The van der Waals surface area contributed by atoms with Crippen LogP contribution in [0.5, 0.6) is 0 Å². The molecule has 0 atom stereocenters. The lowest BCUT2D eigenvalue weighted by molar-refractivity contribution is 0.279. The van der Waals surface area contributed by atoms with E-state index in [9.17, 15) is 0 Å². The van der Waals surface area contributed by atoms with Gasteiger partial charge in [0.05, 0.1) is 0 Å². The smallest absolute Gasteiger partial charge is 0.0240 e. The van der Waals surface area contributed by atoms with E-state index in [1.165, 1.54) is 30.5 Å². The lowest BCUT2D eigenvalue weighted by atomic mass is 10.1. The molecule has 1 N–H and O–H groups in total. The van der Waals surface area contributed by atoms with Crippen LogP contribution in [0.1, 0.15) is 30.9 Å². The van der Waals surface area contributed by atoms with E-state index in [0.29, 0.717) is 0 Å². The van der Waals surface area contributed by atoms with Gasteiger partial charge in [0.2, 0.25) is 0 Å². The first-order valence-electron chi connectivity index (χ1n) is 6.40. The zero-order chi connectivity index (χ0) is 11.2. The lowest BCUT2D eigenvalue weighted by Crippen LogP contribution is -2.23. The first kappa shape index (κ1) is 11.6. The minimum Gasteiger partial charge on any atom is -0.317 e. The van der Waals surface area contributed by atoms with Gasteiger partial charge in [0.15, 0.2) is 0 Å². The molecular weight excluding hydrogens is 196 g/mol. The summed E-state index contributed by atoms with van der Waals surface area (Å²) in [5.74, 6) is 0. The maximum atomic E-state index is 3.45. The van der Waals surface area contributed by atoms with Gasteiger partial charge < -0.3 is 5.32 Å². The maximum absolute atomic E-state index is 3.45. The van der Waals surface area contributed by atoms with Gasteiger partial charge in [-0.1, -0.05) is 31.2 Å². The van der Waals surface area contributed by atoms with Crippen LogP contribution in [0.3, 0.4) is 0 Å². The molecule has 1 aliphatic rings. The van der Waals surface area contributed by atoms with Gasteiger partial charge in [0, 0.05) is 19.6 Å². The molecule has 1 aromatic carbocycles. The highest BCUT2D eigenvalue weighted by molar-refractivity contribution is 5.30. The van der Waals surface area contributed by atoms with Crippen LogP contribution in [0.4, 0.5) is 0 Å². The Bertz CT molecular complexity index is 297. The maximum Gasteiger partial charge on any atom is 0.0240 e. The monoisotopic (exact) mass is 218 g/mol. The zero-order valence-electron chi connectivity index (χ0n) is 10.2. The number of nitrogens with zero attached hydrogens (tertiary/aromatic N) is 1. The number of hydrogen-bond donors (Lipinski definition) is 1. The van der Waals surface area contributed by atoms with Crippen molar-refractivity contribution in [3.05, 3.63) is 35.4 Å². The van der Waals surface area contributed by atoms with E-state index in [1.807, 2.05) is 0 Å². The fourth-order valence-electron chi connectivity index (χ4n) is 2.29. The van der Waals surface area contributed by atoms with Crippen LogP contribution in [-0.2, 0) is 13.1 Å². The quantitative estimate of drug-likeness (QED) is 0.738. The molecule has 1 aliphatic heterocycles. The van der Waals surface area contributed by atoms with E-state index in [0.717, 1.165) is 26.2 Å². The molecule has 1 heterocycles. The van der Waals surface area contributed by atoms with Gasteiger partial charge in [0.1, 0.15) is 0 Å². The summed E-state index contributed by atoms with van der Waals surface area (Å²) in [4.78, 5) is 2.54. The fraction of sp³-hybridized carbons (Fsp3) is 0.571. The van der Waals surface area contributed by atoms with Crippen molar-refractivity contribution in [1.82, 2.24) is 10.2 Å². The molecule has 0 bridgehead atoms. The summed E-state index contributed by atoms with van der Waals surface area (Å²) in [5, 5.41) is 3.45. The van der Waals surface area contributed by atoms with Crippen LogP contribution in [0.25, 0.3) is 0 Å². The van der Waals surface area contributed by atoms with Crippen LogP contribution in [0.2, 0.25) is 0 Å². The van der Waals surface area contributed by atoms with Crippen molar-refractivity contribution in [2.45, 2.75) is 32.9 Å². The summed E-state index contributed by atoms with van der Waals surface area (Å²) in [6.07, 6.45) is 2.49. The number of hydrogen-bond acceptors (Lipinski definition) is 2. The van der Waals surface area contributed by atoms with Crippen molar-refractivity contribution in [3.8, 4) is 0 Å². The Morgan fingerprint density at radius 2 is 1.81 bits per heavy atom. The molecular formula is C14H22N2. The van der Waals surface area contributed by atoms with Gasteiger partial charge >= 0.3 is 0 Å². The summed E-state index contributed by atoms with van der Waals surface area (Å²) in [5.41, 5.74) is 3.04. The number of benzene rings is 1. The van der Waals surface area contributed by atoms with E-state index in [4.69, 9.17) is 0 Å². The van der Waals surface area contributed by atoms with Crippen molar-refractivity contribution >= 4 is 0 Å². The molecule has 2 nitrogen and oxygen atoms in total. The molecule has 0 spiro atoms. The molecule has 0 amide bonds. The fourth-order valence-corrected chi connectivity index (χ4v) is 2.29. The summed E-state index contributed by atoms with van der Waals surface area (Å²) in [6, 6.07) is 8.80. The van der Waals surface area contributed by atoms with E-state index in [-0.39, 0.29) is 0 Å². The van der Waals surface area contributed by atoms with Gasteiger partial charge in [-0.25, -0.2) is 0 Å². The number of rotatable bonds is 6. The summed E-state index contributed by atoms with van der Waals surface area (Å²) in [7, 11) is 0. The average Bonchev–Trinajstić information content (AvgIpc) is 2.71. The summed E-state index contributed by atoms with van der Waals surface area (Å²) in [6.45, 7) is 8.02.